The molecule has 0 spiro atoms. The number of rotatable bonds is 10. The minimum Gasteiger partial charge on any atom is -0.206 e. The minimum absolute atomic E-state index is 0.0238. The lowest BCUT2D eigenvalue weighted by molar-refractivity contribution is 0.113. The third kappa shape index (κ3) is 6.49. The van der Waals surface area contributed by atoms with Crippen LogP contribution in [0, 0.1) is 23.6 Å². The van der Waals surface area contributed by atoms with Crippen LogP contribution in [0.5, 0.6) is 0 Å². The summed E-state index contributed by atoms with van der Waals surface area (Å²) in [5.41, 5.74) is 2.48. The molecule has 0 N–H and O–H groups in total. The summed E-state index contributed by atoms with van der Waals surface area (Å²) in [7, 11) is 0. The average Bonchev–Trinajstić information content (AvgIpc) is 2.84. The van der Waals surface area contributed by atoms with Gasteiger partial charge in [0.05, 0.1) is 0 Å². The Labute approximate surface area is 202 Å². The predicted octanol–water partition coefficient (Wildman–Crippen LogP) is 10.1. The van der Waals surface area contributed by atoms with Crippen molar-refractivity contribution in [3.05, 3.63) is 59.4 Å². The molecule has 2 saturated carbocycles. The smallest absolute Gasteiger partial charge is 0.131 e. The van der Waals surface area contributed by atoms with Gasteiger partial charge in [0, 0.05) is 5.39 Å². The van der Waals surface area contributed by atoms with Crippen LogP contribution in [0.2, 0.25) is 0 Å². The molecule has 33 heavy (non-hydrogen) atoms. The molecular formula is C32H45F. The quantitative estimate of drug-likeness (QED) is 0.250. The molecule has 4 rings (SSSR count). The highest BCUT2D eigenvalue weighted by Crippen LogP contribution is 2.48. The van der Waals surface area contributed by atoms with Crippen molar-refractivity contribution in [1.82, 2.24) is 0 Å². The zero-order valence-electron chi connectivity index (χ0n) is 21.1. The first kappa shape index (κ1) is 24.5. The van der Waals surface area contributed by atoms with E-state index in [-0.39, 0.29) is 5.82 Å². The lowest BCUT2D eigenvalue weighted by atomic mass is 9.63. The maximum absolute atomic E-state index is 15.1. The number of fused-ring (bicyclic) bond motifs is 2. The summed E-state index contributed by atoms with van der Waals surface area (Å²) in [4.78, 5) is 0. The molecule has 0 heterocycles. The third-order valence-corrected chi connectivity index (χ3v) is 8.73. The SMILES string of the molecule is CC=CCCc1ccc2cc(C3CCC4CC(CCCCCCC)CCC4C3)cc(F)c2c1. The van der Waals surface area contributed by atoms with E-state index in [1.165, 1.54) is 88.2 Å². The number of hydrogen-bond acceptors (Lipinski definition) is 0. The van der Waals surface area contributed by atoms with Gasteiger partial charge in [-0.3, -0.25) is 0 Å². The molecule has 0 aromatic heterocycles. The van der Waals surface area contributed by atoms with Crippen LogP contribution in [0.3, 0.4) is 0 Å². The van der Waals surface area contributed by atoms with Gasteiger partial charge in [0.25, 0.3) is 0 Å². The van der Waals surface area contributed by atoms with Crippen LogP contribution >= 0.6 is 0 Å². The third-order valence-electron chi connectivity index (χ3n) is 8.73. The van der Waals surface area contributed by atoms with Gasteiger partial charge in [0.15, 0.2) is 0 Å². The molecule has 2 aromatic carbocycles. The molecule has 0 aliphatic heterocycles. The van der Waals surface area contributed by atoms with Crippen molar-refractivity contribution in [1.29, 1.82) is 0 Å². The van der Waals surface area contributed by atoms with Gasteiger partial charge in [-0.25, -0.2) is 4.39 Å². The number of halogens is 1. The molecule has 2 aromatic rings. The predicted molar refractivity (Wildman–Crippen MR) is 141 cm³/mol. The maximum Gasteiger partial charge on any atom is 0.131 e. The zero-order valence-corrected chi connectivity index (χ0v) is 21.1. The fourth-order valence-corrected chi connectivity index (χ4v) is 6.78. The number of aryl methyl sites for hydroxylation is 1. The Morgan fingerprint density at radius 3 is 2.58 bits per heavy atom. The van der Waals surface area contributed by atoms with Crippen molar-refractivity contribution in [3.63, 3.8) is 0 Å². The molecule has 0 nitrogen and oxygen atoms in total. The Morgan fingerprint density at radius 2 is 1.73 bits per heavy atom. The molecule has 0 saturated heterocycles. The second kappa shape index (κ2) is 12.2. The number of benzene rings is 2. The summed E-state index contributed by atoms with van der Waals surface area (Å²) in [6.45, 7) is 4.35. The molecule has 2 fully saturated rings. The van der Waals surface area contributed by atoms with Crippen LogP contribution in [0.1, 0.15) is 114 Å². The summed E-state index contributed by atoms with van der Waals surface area (Å²) in [6, 6.07) is 10.6. The van der Waals surface area contributed by atoms with E-state index in [1.807, 2.05) is 6.07 Å². The second-order valence-electron chi connectivity index (χ2n) is 11.1. The summed E-state index contributed by atoms with van der Waals surface area (Å²) in [6.07, 6.45) is 23.0. The van der Waals surface area contributed by atoms with Gasteiger partial charge in [0.1, 0.15) is 5.82 Å². The lowest BCUT2D eigenvalue weighted by Crippen LogP contribution is -2.30. The van der Waals surface area contributed by atoms with Crippen LogP contribution in [0.15, 0.2) is 42.5 Å². The highest BCUT2D eigenvalue weighted by molar-refractivity contribution is 5.84. The topological polar surface area (TPSA) is 0 Å². The molecule has 2 aliphatic rings. The van der Waals surface area contributed by atoms with Crippen molar-refractivity contribution < 1.29 is 4.39 Å². The Morgan fingerprint density at radius 1 is 0.909 bits per heavy atom. The lowest BCUT2D eigenvalue weighted by Gasteiger charge is -2.42. The van der Waals surface area contributed by atoms with Crippen molar-refractivity contribution in [3.8, 4) is 0 Å². The first-order valence-electron chi connectivity index (χ1n) is 14.0. The van der Waals surface area contributed by atoms with Crippen molar-refractivity contribution in [2.75, 3.05) is 0 Å². The van der Waals surface area contributed by atoms with Crippen molar-refractivity contribution in [2.24, 2.45) is 17.8 Å². The van der Waals surface area contributed by atoms with Gasteiger partial charge >= 0.3 is 0 Å². The number of unbranched alkanes of at least 4 members (excludes halogenated alkanes) is 4. The van der Waals surface area contributed by atoms with Gasteiger partial charge in [-0.05, 0) is 104 Å². The summed E-state index contributed by atoms with van der Waals surface area (Å²) < 4.78 is 15.1. The second-order valence-corrected chi connectivity index (χ2v) is 11.1. The first-order chi connectivity index (χ1) is 16.2. The summed E-state index contributed by atoms with van der Waals surface area (Å²) in [5, 5.41) is 1.87. The van der Waals surface area contributed by atoms with E-state index in [1.54, 1.807) is 0 Å². The fraction of sp³-hybridized carbons (Fsp3) is 0.625. The molecule has 4 unspecified atom stereocenters. The van der Waals surface area contributed by atoms with E-state index in [0.29, 0.717) is 5.92 Å². The van der Waals surface area contributed by atoms with Crippen LogP contribution in [-0.4, -0.2) is 0 Å². The largest absolute Gasteiger partial charge is 0.206 e. The minimum atomic E-state index is -0.0238. The van der Waals surface area contributed by atoms with Gasteiger partial charge in [-0.2, -0.15) is 0 Å². The Balaban J connectivity index is 1.34. The van der Waals surface area contributed by atoms with E-state index in [0.717, 1.165) is 41.4 Å². The van der Waals surface area contributed by atoms with Crippen LogP contribution in [0.25, 0.3) is 10.8 Å². The molecule has 180 valence electrons. The van der Waals surface area contributed by atoms with E-state index >= 15 is 4.39 Å². The number of allylic oxidation sites excluding steroid dienone is 2. The van der Waals surface area contributed by atoms with Gasteiger partial charge in [-0.15, -0.1) is 0 Å². The van der Waals surface area contributed by atoms with Crippen LogP contribution in [0.4, 0.5) is 4.39 Å². The molecule has 0 amide bonds. The molecule has 2 aliphatic carbocycles. The molecule has 0 bridgehead atoms. The standard InChI is InChI=1S/C32H45F/c1-3-5-7-8-10-12-24-13-15-27-21-28(18-17-26(27)19-24)30-22-29-16-14-25(11-9-6-4-2)20-31(29)32(33)23-30/h4,6,14,16,20,22-24,26-28H,3,5,7-13,15,17-19,21H2,1-2H3. The monoisotopic (exact) mass is 448 g/mol. The van der Waals surface area contributed by atoms with Crippen molar-refractivity contribution in [2.45, 2.75) is 110 Å². The highest BCUT2D eigenvalue weighted by atomic mass is 19.1. The molecule has 4 atom stereocenters. The number of hydrogen-bond donors (Lipinski definition) is 0. The van der Waals surface area contributed by atoms with Crippen LogP contribution < -0.4 is 0 Å². The maximum atomic E-state index is 15.1. The van der Waals surface area contributed by atoms with E-state index in [4.69, 9.17) is 0 Å². The fourth-order valence-electron chi connectivity index (χ4n) is 6.78. The Bertz CT molecular complexity index is 910. The molecule has 1 heteroatoms. The van der Waals surface area contributed by atoms with Gasteiger partial charge in [0.2, 0.25) is 0 Å². The molecular weight excluding hydrogens is 403 g/mol. The Hall–Kier alpha value is -1.63. The summed E-state index contributed by atoms with van der Waals surface area (Å²) in [5.74, 6) is 3.30. The van der Waals surface area contributed by atoms with Gasteiger partial charge < -0.3 is 0 Å². The zero-order chi connectivity index (χ0) is 23.0. The van der Waals surface area contributed by atoms with Crippen LogP contribution in [-0.2, 0) is 6.42 Å². The van der Waals surface area contributed by atoms with E-state index in [2.05, 4.69) is 50.3 Å². The Kier molecular flexibility index (Phi) is 9.04. The van der Waals surface area contributed by atoms with Crippen molar-refractivity contribution >= 4 is 10.8 Å². The average molecular weight is 449 g/mol. The van der Waals surface area contributed by atoms with Gasteiger partial charge in [-0.1, -0.05) is 82.2 Å². The highest BCUT2D eigenvalue weighted by Gasteiger charge is 2.36. The normalized spacial score (nSPS) is 25.5. The van der Waals surface area contributed by atoms with E-state index in [9.17, 15) is 0 Å². The first-order valence-corrected chi connectivity index (χ1v) is 14.0. The summed E-state index contributed by atoms with van der Waals surface area (Å²) >= 11 is 0. The van der Waals surface area contributed by atoms with E-state index < -0.39 is 0 Å². The molecule has 0 radical (unpaired) electrons.